The maximum absolute atomic E-state index is 10.7. The molecule has 14 heavy (non-hydrogen) atoms. The number of carbonyl (C=O) groups excluding carboxylic acids is 1. The van der Waals surface area contributed by atoms with Crippen LogP contribution in [0.3, 0.4) is 0 Å². The molecule has 0 aliphatic heterocycles. The molecule has 0 aromatic rings. The lowest BCUT2D eigenvalue weighted by Gasteiger charge is -2.07. The summed E-state index contributed by atoms with van der Waals surface area (Å²) in [6, 6.07) is 0.0939. The van der Waals surface area contributed by atoms with Gasteiger partial charge in [0.25, 0.3) is 0 Å². The zero-order valence-corrected chi connectivity index (χ0v) is 9.94. The van der Waals surface area contributed by atoms with Crippen LogP contribution in [0, 0.1) is 5.92 Å². The normalized spacial score (nSPS) is 14.4. The minimum absolute atomic E-state index is 0.0774. The third-order valence-corrected chi connectivity index (χ3v) is 4.23. The molecule has 2 atom stereocenters. The van der Waals surface area contributed by atoms with Gasteiger partial charge in [0.15, 0.2) is 0 Å². The molecule has 1 amide bonds. The Balaban J connectivity index is 3.50. The molecule has 0 bridgehead atoms. The first-order chi connectivity index (χ1) is 6.61. The lowest BCUT2D eigenvalue weighted by Crippen LogP contribution is -2.22. The van der Waals surface area contributed by atoms with Gasteiger partial charge in [0.05, 0.1) is 6.04 Å². The summed E-state index contributed by atoms with van der Waals surface area (Å²) in [6.07, 6.45) is 1.76. The van der Waals surface area contributed by atoms with Crippen molar-refractivity contribution in [2.24, 2.45) is 16.6 Å². The molecule has 0 saturated carbocycles. The van der Waals surface area contributed by atoms with Crippen molar-refractivity contribution in [1.29, 1.82) is 0 Å². The smallest absolute Gasteiger partial charge is 0.221 e. The fourth-order valence-electron chi connectivity index (χ4n) is 0.545. The minimum atomic E-state index is -0.250. The van der Waals surface area contributed by atoms with Crippen molar-refractivity contribution in [3.63, 3.8) is 0 Å². The van der Waals surface area contributed by atoms with Gasteiger partial charge in [-0.2, -0.15) is 0 Å². The summed E-state index contributed by atoms with van der Waals surface area (Å²) in [7, 11) is 3.29. The molecule has 2 N–H and O–H groups in total. The van der Waals surface area contributed by atoms with Gasteiger partial charge in [-0.3, -0.25) is 9.79 Å². The largest absolute Gasteiger partial charge is 0.369 e. The van der Waals surface area contributed by atoms with E-state index in [9.17, 15) is 4.79 Å². The van der Waals surface area contributed by atoms with E-state index in [1.807, 2.05) is 6.92 Å². The van der Waals surface area contributed by atoms with E-state index >= 15 is 0 Å². The molecule has 0 spiro atoms. The number of hydrogen-bond donors (Lipinski definition) is 1. The quantitative estimate of drug-likeness (QED) is 0.300. The molecule has 0 aromatic carbocycles. The number of aliphatic imine (C=N–C) groups is 1. The van der Waals surface area contributed by atoms with Crippen LogP contribution >= 0.6 is 21.6 Å². The Kier molecular flexibility index (Phi) is 7.70. The molecule has 2 unspecified atom stereocenters. The Morgan fingerprint density at radius 1 is 1.57 bits per heavy atom. The molecule has 5 heteroatoms. The van der Waals surface area contributed by atoms with Gasteiger partial charge in [-0.15, -0.1) is 6.58 Å². The highest BCUT2D eigenvalue weighted by atomic mass is 33.1. The van der Waals surface area contributed by atoms with Crippen LogP contribution < -0.4 is 5.73 Å². The first-order valence-corrected chi connectivity index (χ1v) is 6.72. The van der Waals surface area contributed by atoms with E-state index in [0.717, 1.165) is 11.5 Å². The van der Waals surface area contributed by atoms with Crippen LogP contribution in [0.1, 0.15) is 6.92 Å². The average molecular weight is 232 g/mol. The van der Waals surface area contributed by atoms with Crippen molar-refractivity contribution >= 4 is 34.2 Å². The SMILES string of the molecule is C=CC(CSSCC(C)C(N)=O)N=C. The van der Waals surface area contributed by atoms with Crippen LogP contribution in [0.2, 0.25) is 0 Å². The van der Waals surface area contributed by atoms with E-state index in [0.29, 0.717) is 0 Å². The summed E-state index contributed by atoms with van der Waals surface area (Å²) in [6.45, 7) is 8.93. The van der Waals surface area contributed by atoms with Gasteiger partial charge < -0.3 is 5.73 Å². The van der Waals surface area contributed by atoms with Gasteiger partial charge in [0, 0.05) is 17.4 Å². The number of primary amides is 1. The Bertz CT molecular complexity index is 201. The summed E-state index contributed by atoms with van der Waals surface area (Å²) in [5.74, 6) is 1.25. The topological polar surface area (TPSA) is 55.5 Å². The molecule has 80 valence electrons. The lowest BCUT2D eigenvalue weighted by molar-refractivity contribution is -0.120. The fraction of sp³-hybridized carbons (Fsp3) is 0.556. The summed E-state index contributed by atoms with van der Waals surface area (Å²) in [4.78, 5) is 14.6. The minimum Gasteiger partial charge on any atom is -0.369 e. The number of hydrogen-bond acceptors (Lipinski definition) is 4. The Morgan fingerprint density at radius 2 is 2.14 bits per heavy atom. The Morgan fingerprint density at radius 3 is 2.57 bits per heavy atom. The van der Waals surface area contributed by atoms with Crippen molar-refractivity contribution in [3.05, 3.63) is 12.7 Å². The number of carbonyl (C=O) groups is 1. The van der Waals surface area contributed by atoms with Gasteiger partial charge in [-0.25, -0.2) is 0 Å². The van der Waals surface area contributed by atoms with Gasteiger partial charge >= 0.3 is 0 Å². The second-order valence-corrected chi connectivity index (χ2v) is 5.41. The number of amides is 1. The van der Waals surface area contributed by atoms with Crippen LogP contribution in [-0.2, 0) is 4.79 Å². The predicted octanol–water partition coefficient (Wildman–Crippen LogP) is 1.74. The van der Waals surface area contributed by atoms with Gasteiger partial charge in [-0.05, 0) is 6.72 Å². The lowest BCUT2D eigenvalue weighted by atomic mass is 10.2. The molecule has 0 radical (unpaired) electrons. The highest BCUT2D eigenvalue weighted by Crippen LogP contribution is 2.25. The Labute approximate surface area is 93.0 Å². The van der Waals surface area contributed by atoms with E-state index in [-0.39, 0.29) is 17.9 Å². The monoisotopic (exact) mass is 232 g/mol. The first-order valence-electron chi connectivity index (χ1n) is 4.24. The van der Waals surface area contributed by atoms with E-state index in [4.69, 9.17) is 5.73 Å². The number of nitrogens with two attached hydrogens (primary N) is 1. The van der Waals surface area contributed by atoms with Crippen molar-refractivity contribution in [3.8, 4) is 0 Å². The van der Waals surface area contributed by atoms with Crippen LogP contribution in [0.4, 0.5) is 0 Å². The van der Waals surface area contributed by atoms with E-state index in [1.165, 1.54) is 0 Å². The highest BCUT2D eigenvalue weighted by molar-refractivity contribution is 8.76. The molecular weight excluding hydrogens is 216 g/mol. The van der Waals surface area contributed by atoms with E-state index < -0.39 is 0 Å². The van der Waals surface area contributed by atoms with Crippen LogP contribution in [-0.4, -0.2) is 30.2 Å². The predicted molar refractivity (Wildman–Crippen MR) is 66.8 cm³/mol. The third kappa shape index (κ3) is 6.10. The maximum Gasteiger partial charge on any atom is 0.221 e. The average Bonchev–Trinajstić information content (AvgIpc) is 2.17. The molecule has 3 nitrogen and oxygen atoms in total. The van der Waals surface area contributed by atoms with Crippen LogP contribution in [0.15, 0.2) is 17.6 Å². The standard InChI is InChI=1S/C9H16N2OS2/c1-4-8(11-3)6-14-13-5-7(2)9(10)12/h4,7-8H,1,3,5-6H2,2H3,(H2,10,12). The molecule has 0 saturated heterocycles. The molecule has 0 fully saturated rings. The Hall–Kier alpha value is -0.420. The second-order valence-electron chi connectivity index (χ2n) is 2.86. The highest BCUT2D eigenvalue weighted by Gasteiger charge is 2.09. The maximum atomic E-state index is 10.7. The zero-order valence-electron chi connectivity index (χ0n) is 8.31. The van der Waals surface area contributed by atoms with Crippen molar-refractivity contribution in [2.45, 2.75) is 13.0 Å². The molecule has 0 heterocycles. The molecular formula is C9H16N2OS2. The molecule has 0 aliphatic carbocycles. The van der Waals surface area contributed by atoms with Gasteiger partial charge in [0.2, 0.25) is 5.91 Å². The van der Waals surface area contributed by atoms with Crippen LogP contribution in [0.25, 0.3) is 0 Å². The van der Waals surface area contributed by atoms with E-state index in [1.54, 1.807) is 27.7 Å². The summed E-state index contributed by atoms with van der Waals surface area (Å²) < 4.78 is 0. The van der Waals surface area contributed by atoms with Crippen molar-refractivity contribution < 1.29 is 4.79 Å². The third-order valence-electron chi connectivity index (χ3n) is 1.63. The molecule has 0 rings (SSSR count). The molecule has 0 aromatic heterocycles. The van der Waals surface area contributed by atoms with Crippen molar-refractivity contribution in [1.82, 2.24) is 0 Å². The molecule has 0 aliphatic rings. The summed E-state index contributed by atoms with van der Waals surface area (Å²) in [5.41, 5.74) is 5.12. The van der Waals surface area contributed by atoms with Gasteiger partial charge in [0.1, 0.15) is 0 Å². The van der Waals surface area contributed by atoms with Crippen LogP contribution in [0.5, 0.6) is 0 Å². The number of rotatable bonds is 8. The van der Waals surface area contributed by atoms with Crippen molar-refractivity contribution in [2.75, 3.05) is 11.5 Å². The first kappa shape index (κ1) is 13.6. The van der Waals surface area contributed by atoms with E-state index in [2.05, 4.69) is 18.3 Å². The zero-order chi connectivity index (χ0) is 11.0. The number of nitrogens with zero attached hydrogens (tertiary/aromatic N) is 1. The van der Waals surface area contributed by atoms with Gasteiger partial charge in [-0.1, -0.05) is 34.6 Å². The fourth-order valence-corrected chi connectivity index (χ4v) is 3.10. The summed E-state index contributed by atoms with van der Waals surface area (Å²) in [5, 5.41) is 0. The second kappa shape index (κ2) is 7.94. The summed E-state index contributed by atoms with van der Waals surface area (Å²) >= 11 is 0.